The number of nitrogens with zero attached hydrogens (tertiary/aromatic N) is 5. The molecule has 4 rings (SSSR count). The van der Waals surface area contributed by atoms with E-state index in [-0.39, 0.29) is 24.4 Å². The molecule has 8 nitrogen and oxygen atoms in total. The standard InChI is InChI=1S/C20H17FN6O2/c1-13-22-9-11-26(13)18-7-6-14(12-16(18)21)23-19(28)8-10-27-20(29)15-4-2-3-5-17(15)24-25-27/h2-7,9,11-12H,8,10H2,1H3,(H,23,28). The van der Waals surface area contributed by atoms with E-state index >= 15 is 0 Å². The van der Waals surface area contributed by atoms with E-state index in [4.69, 9.17) is 0 Å². The zero-order valence-electron chi connectivity index (χ0n) is 15.5. The molecule has 0 aliphatic rings. The highest BCUT2D eigenvalue weighted by molar-refractivity contribution is 5.90. The monoisotopic (exact) mass is 392 g/mol. The highest BCUT2D eigenvalue weighted by Gasteiger charge is 2.11. The van der Waals surface area contributed by atoms with Gasteiger partial charge in [0.05, 0.1) is 17.6 Å². The van der Waals surface area contributed by atoms with Crippen LogP contribution in [0.2, 0.25) is 0 Å². The third-order valence-electron chi connectivity index (χ3n) is 4.50. The van der Waals surface area contributed by atoms with Gasteiger partial charge in [0.25, 0.3) is 5.56 Å². The summed E-state index contributed by atoms with van der Waals surface area (Å²) in [6, 6.07) is 11.3. The Labute approximate surface area is 164 Å². The molecule has 1 amide bonds. The quantitative estimate of drug-likeness (QED) is 0.563. The van der Waals surface area contributed by atoms with Crippen LogP contribution in [0.1, 0.15) is 12.2 Å². The maximum atomic E-state index is 14.4. The lowest BCUT2D eigenvalue weighted by Gasteiger charge is -2.10. The van der Waals surface area contributed by atoms with Gasteiger partial charge in [-0.05, 0) is 37.3 Å². The molecule has 2 heterocycles. The second kappa shape index (κ2) is 7.63. The number of rotatable bonds is 5. The average Bonchev–Trinajstić information content (AvgIpc) is 3.13. The van der Waals surface area contributed by atoms with E-state index in [0.717, 1.165) is 4.68 Å². The van der Waals surface area contributed by atoms with Crippen molar-refractivity contribution in [3.05, 3.63) is 76.9 Å². The van der Waals surface area contributed by atoms with E-state index in [1.54, 1.807) is 60.3 Å². The van der Waals surface area contributed by atoms with E-state index in [0.29, 0.717) is 28.1 Å². The predicted octanol–water partition coefficient (Wildman–Crippen LogP) is 2.45. The molecule has 4 aromatic rings. The van der Waals surface area contributed by atoms with Crippen molar-refractivity contribution in [2.45, 2.75) is 19.9 Å². The van der Waals surface area contributed by atoms with Gasteiger partial charge in [-0.15, -0.1) is 5.10 Å². The van der Waals surface area contributed by atoms with Gasteiger partial charge in [0.2, 0.25) is 5.91 Å². The number of carbonyl (C=O) groups is 1. The van der Waals surface area contributed by atoms with Crippen LogP contribution < -0.4 is 10.9 Å². The normalized spacial score (nSPS) is 11.0. The third kappa shape index (κ3) is 3.75. The van der Waals surface area contributed by atoms with Crippen LogP contribution in [-0.2, 0) is 11.3 Å². The molecule has 0 aliphatic heterocycles. The Bertz CT molecular complexity index is 1260. The number of aryl methyl sites for hydroxylation is 2. The summed E-state index contributed by atoms with van der Waals surface area (Å²) in [5.41, 5.74) is 0.860. The van der Waals surface area contributed by atoms with Gasteiger partial charge in [-0.3, -0.25) is 9.59 Å². The summed E-state index contributed by atoms with van der Waals surface area (Å²) in [6.07, 6.45) is 3.24. The van der Waals surface area contributed by atoms with Crippen molar-refractivity contribution in [1.29, 1.82) is 0 Å². The summed E-state index contributed by atoms with van der Waals surface area (Å²) in [4.78, 5) is 28.7. The number of benzene rings is 2. The van der Waals surface area contributed by atoms with E-state index in [1.807, 2.05) is 0 Å². The van der Waals surface area contributed by atoms with Crippen molar-refractivity contribution in [2.75, 3.05) is 5.32 Å². The van der Waals surface area contributed by atoms with Crippen LogP contribution in [0, 0.1) is 12.7 Å². The molecule has 9 heteroatoms. The second-order valence-electron chi connectivity index (χ2n) is 6.44. The fourth-order valence-electron chi connectivity index (χ4n) is 3.01. The Morgan fingerprint density at radius 1 is 1.21 bits per heavy atom. The minimum absolute atomic E-state index is 0.00305. The Balaban J connectivity index is 1.44. The molecule has 0 saturated heterocycles. The maximum Gasteiger partial charge on any atom is 0.277 e. The predicted molar refractivity (Wildman–Crippen MR) is 105 cm³/mol. The molecular formula is C20H17FN6O2. The number of nitrogens with one attached hydrogen (secondary N) is 1. The molecule has 0 fully saturated rings. The summed E-state index contributed by atoms with van der Waals surface area (Å²) in [5, 5.41) is 10.9. The van der Waals surface area contributed by atoms with E-state index < -0.39 is 5.82 Å². The molecule has 0 aliphatic carbocycles. The van der Waals surface area contributed by atoms with Crippen LogP contribution in [0.15, 0.2) is 59.7 Å². The first-order valence-corrected chi connectivity index (χ1v) is 8.95. The van der Waals surface area contributed by atoms with E-state index in [9.17, 15) is 14.0 Å². The highest BCUT2D eigenvalue weighted by Crippen LogP contribution is 2.19. The number of fused-ring (bicyclic) bond motifs is 1. The van der Waals surface area contributed by atoms with Gasteiger partial charge >= 0.3 is 0 Å². The van der Waals surface area contributed by atoms with Crippen LogP contribution in [0.5, 0.6) is 0 Å². The summed E-state index contributed by atoms with van der Waals surface area (Å²) in [7, 11) is 0. The van der Waals surface area contributed by atoms with Gasteiger partial charge in [-0.1, -0.05) is 17.3 Å². The van der Waals surface area contributed by atoms with Gasteiger partial charge in [-0.25, -0.2) is 14.1 Å². The maximum absolute atomic E-state index is 14.4. The topological polar surface area (TPSA) is 94.7 Å². The lowest BCUT2D eigenvalue weighted by atomic mass is 10.2. The minimum Gasteiger partial charge on any atom is -0.326 e. The van der Waals surface area contributed by atoms with Gasteiger partial charge in [-0.2, -0.15) is 0 Å². The number of carbonyl (C=O) groups excluding carboxylic acids is 1. The molecule has 0 saturated carbocycles. The third-order valence-corrected chi connectivity index (χ3v) is 4.50. The first kappa shape index (κ1) is 18.5. The Morgan fingerprint density at radius 2 is 2.03 bits per heavy atom. The Morgan fingerprint density at radius 3 is 2.79 bits per heavy atom. The molecule has 0 atom stereocenters. The molecule has 146 valence electrons. The molecule has 2 aromatic carbocycles. The fraction of sp³-hybridized carbons (Fsp3) is 0.150. The van der Waals surface area contributed by atoms with Crippen molar-refractivity contribution < 1.29 is 9.18 Å². The number of anilines is 1. The molecule has 1 N–H and O–H groups in total. The van der Waals surface area contributed by atoms with Crippen molar-refractivity contribution in [3.8, 4) is 5.69 Å². The van der Waals surface area contributed by atoms with Crippen LogP contribution >= 0.6 is 0 Å². The Kier molecular flexibility index (Phi) is 4.86. The van der Waals surface area contributed by atoms with Crippen LogP contribution in [0.25, 0.3) is 16.6 Å². The molecule has 0 radical (unpaired) electrons. The first-order valence-electron chi connectivity index (χ1n) is 8.95. The van der Waals surface area contributed by atoms with Gasteiger partial charge in [0, 0.05) is 24.5 Å². The van der Waals surface area contributed by atoms with E-state index in [2.05, 4.69) is 20.6 Å². The van der Waals surface area contributed by atoms with Crippen LogP contribution in [0.4, 0.5) is 10.1 Å². The number of halogens is 1. The number of imidazole rings is 1. The second-order valence-corrected chi connectivity index (χ2v) is 6.44. The number of hydrogen-bond acceptors (Lipinski definition) is 5. The fourth-order valence-corrected chi connectivity index (χ4v) is 3.01. The number of aromatic nitrogens is 5. The van der Waals surface area contributed by atoms with Crippen molar-refractivity contribution in [2.24, 2.45) is 0 Å². The zero-order chi connectivity index (χ0) is 20.4. The zero-order valence-corrected chi connectivity index (χ0v) is 15.5. The molecule has 0 bridgehead atoms. The lowest BCUT2D eigenvalue weighted by molar-refractivity contribution is -0.116. The van der Waals surface area contributed by atoms with Crippen LogP contribution in [-0.4, -0.2) is 30.5 Å². The summed E-state index contributed by atoms with van der Waals surface area (Å²) in [6.45, 7) is 1.84. The SMILES string of the molecule is Cc1nccn1-c1ccc(NC(=O)CCn2nnc3ccccc3c2=O)cc1F. The van der Waals surface area contributed by atoms with Crippen molar-refractivity contribution >= 4 is 22.5 Å². The van der Waals surface area contributed by atoms with Crippen molar-refractivity contribution in [3.63, 3.8) is 0 Å². The van der Waals surface area contributed by atoms with Crippen LogP contribution in [0.3, 0.4) is 0 Å². The molecular weight excluding hydrogens is 375 g/mol. The Hall–Kier alpha value is -3.88. The van der Waals surface area contributed by atoms with Gasteiger partial charge in [0.1, 0.15) is 17.2 Å². The molecule has 0 spiro atoms. The first-order chi connectivity index (χ1) is 14.0. The molecule has 2 aromatic heterocycles. The minimum atomic E-state index is -0.486. The van der Waals surface area contributed by atoms with Gasteiger partial charge < -0.3 is 9.88 Å². The van der Waals surface area contributed by atoms with Gasteiger partial charge in [0.15, 0.2) is 0 Å². The molecule has 0 unspecified atom stereocenters. The van der Waals surface area contributed by atoms with E-state index in [1.165, 1.54) is 6.07 Å². The average molecular weight is 392 g/mol. The largest absolute Gasteiger partial charge is 0.326 e. The highest BCUT2D eigenvalue weighted by atomic mass is 19.1. The summed E-state index contributed by atoms with van der Waals surface area (Å²) >= 11 is 0. The molecule has 29 heavy (non-hydrogen) atoms. The summed E-state index contributed by atoms with van der Waals surface area (Å²) < 4.78 is 17.2. The lowest BCUT2D eigenvalue weighted by Crippen LogP contribution is -2.26. The smallest absolute Gasteiger partial charge is 0.277 e. The number of hydrogen-bond donors (Lipinski definition) is 1. The summed E-state index contributed by atoms with van der Waals surface area (Å²) in [5.74, 6) is -0.194. The number of amides is 1. The van der Waals surface area contributed by atoms with Crippen molar-refractivity contribution in [1.82, 2.24) is 24.5 Å².